The highest BCUT2D eigenvalue weighted by Gasteiger charge is 2.47. The van der Waals surface area contributed by atoms with Crippen molar-refractivity contribution in [3.05, 3.63) is 0 Å². The fourth-order valence-electron chi connectivity index (χ4n) is 4.30. The molecule has 1 rings (SSSR count). The molecule has 6 nitrogen and oxygen atoms in total. The number of rotatable bonds is 18. The van der Waals surface area contributed by atoms with Crippen LogP contribution >= 0.6 is 0 Å². The van der Waals surface area contributed by atoms with E-state index in [1.165, 1.54) is 19.3 Å². The molecule has 0 amide bonds. The maximum atomic E-state index is 12.1. The lowest BCUT2D eigenvalue weighted by molar-refractivity contribution is -0.0547. The van der Waals surface area contributed by atoms with Crippen LogP contribution in [0.3, 0.4) is 0 Å². The lowest BCUT2D eigenvalue weighted by Crippen LogP contribution is -2.25. The van der Waals surface area contributed by atoms with Crippen molar-refractivity contribution in [2.24, 2.45) is 11.8 Å². The standard InChI is InChI=1S/C21H36F6O6S2/c22-20(23,24)34(28,29)32-15-9-5-1-3-7-11-18-13-14-19(17-18)12-8-4-2-6-10-16-33-35(30,31)21(25,26)27/h18-19H,1-17H2. The van der Waals surface area contributed by atoms with Gasteiger partial charge in [-0.2, -0.15) is 43.2 Å². The van der Waals surface area contributed by atoms with Gasteiger partial charge in [-0.05, 0) is 31.1 Å². The third kappa shape index (κ3) is 13.0. The average Bonchev–Trinajstić information content (AvgIpc) is 3.17. The largest absolute Gasteiger partial charge is 0.523 e. The molecule has 2 unspecified atom stereocenters. The summed E-state index contributed by atoms with van der Waals surface area (Å²) in [7, 11) is -11.0. The molecule has 35 heavy (non-hydrogen) atoms. The van der Waals surface area contributed by atoms with Gasteiger partial charge < -0.3 is 0 Å². The van der Waals surface area contributed by atoms with E-state index in [1.54, 1.807) is 0 Å². The number of halogens is 6. The Hall–Kier alpha value is -0.600. The van der Waals surface area contributed by atoms with Crippen molar-refractivity contribution in [1.82, 2.24) is 0 Å². The Bertz CT molecular complexity index is 730. The highest BCUT2D eigenvalue weighted by Crippen LogP contribution is 2.37. The molecule has 2 atom stereocenters. The predicted molar refractivity (Wildman–Crippen MR) is 118 cm³/mol. The van der Waals surface area contributed by atoms with Crippen LogP contribution in [0.15, 0.2) is 0 Å². The zero-order chi connectivity index (χ0) is 26.6. The lowest BCUT2D eigenvalue weighted by Gasteiger charge is -2.12. The van der Waals surface area contributed by atoms with Crippen LogP contribution < -0.4 is 0 Å². The zero-order valence-corrected chi connectivity index (χ0v) is 21.3. The minimum atomic E-state index is -5.49. The second-order valence-electron chi connectivity index (χ2n) is 9.10. The minimum absolute atomic E-state index is 0.264. The molecule has 1 aliphatic rings. The third-order valence-corrected chi connectivity index (χ3v) is 8.29. The van der Waals surface area contributed by atoms with Gasteiger partial charge in [0.25, 0.3) is 0 Å². The summed E-state index contributed by atoms with van der Waals surface area (Å²) in [4.78, 5) is 0. The fourth-order valence-corrected chi connectivity index (χ4v) is 5.25. The maximum Gasteiger partial charge on any atom is 0.523 e. The Morgan fingerprint density at radius 1 is 0.543 bits per heavy atom. The Labute approximate surface area is 204 Å². The van der Waals surface area contributed by atoms with E-state index in [1.807, 2.05) is 0 Å². The van der Waals surface area contributed by atoms with Gasteiger partial charge in [0.05, 0.1) is 13.2 Å². The number of alkyl halides is 6. The molecule has 1 fully saturated rings. The van der Waals surface area contributed by atoms with Crippen LogP contribution in [0, 0.1) is 11.8 Å². The molecular formula is C21H36F6O6S2. The molecule has 1 aliphatic carbocycles. The van der Waals surface area contributed by atoms with Crippen molar-refractivity contribution in [2.45, 2.75) is 107 Å². The summed E-state index contributed by atoms with van der Waals surface area (Å²) in [6.45, 7) is -0.917. The van der Waals surface area contributed by atoms with Gasteiger partial charge in [0, 0.05) is 0 Å². The normalized spacial score (nSPS) is 19.9. The molecule has 0 aromatic carbocycles. The number of unbranched alkanes of at least 4 members (excludes halogenated alkanes) is 8. The van der Waals surface area contributed by atoms with Crippen molar-refractivity contribution in [2.75, 3.05) is 13.2 Å². The maximum absolute atomic E-state index is 12.1. The van der Waals surface area contributed by atoms with Gasteiger partial charge in [0.2, 0.25) is 0 Å². The van der Waals surface area contributed by atoms with Gasteiger partial charge in [0.1, 0.15) is 0 Å². The lowest BCUT2D eigenvalue weighted by atomic mass is 9.95. The second kappa shape index (κ2) is 15.0. The quantitative estimate of drug-likeness (QED) is 0.0789. The van der Waals surface area contributed by atoms with E-state index in [9.17, 15) is 43.2 Å². The van der Waals surface area contributed by atoms with Crippen LogP contribution in [0.5, 0.6) is 0 Å². The fraction of sp³-hybridized carbons (Fsp3) is 1.00. The number of hydrogen-bond acceptors (Lipinski definition) is 6. The molecule has 0 N–H and O–H groups in total. The first-order valence-corrected chi connectivity index (χ1v) is 14.9. The number of hydrogen-bond donors (Lipinski definition) is 0. The molecule has 1 saturated carbocycles. The zero-order valence-electron chi connectivity index (χ0n) is 19.7. The molecule has 0 saturated heterocycles. The molecule has 14 heteroatoms. The Balaban J connectivity index is 1.96. The van der Waals surface area contributed by atoms with E-state index in [0.717, 1.165) is 51.4 Å². The molecule has 0 spiro atoms. The molecule has 0 aromatic heterocycles. The topological polar surface area (TPSA) is 86.7 Å². The molecule has 0 heterocycles. The van der Waals surface area contributed by atoms with Crippen LogP contribution in [0.4, 0.5) is 26.3 Å². The van der Waals surface area contributed by atoms with E-state index < -0.39 is 44.5 Å². The monoisotopic (exact) mass is 562 g/mol. The van der Waals surface area contributed by atoms with Crippen molar-refractivity contribution in [3.8, 4) is 0 Å². The average molecular weight is 563 g/mol. The summed E-state index contributed by atoms with van der Waals surface area (Å²) in [5.74, 6) is 1.35. The Morgan fingerprint density at radius 3 is 1.20 bits per heavy atom. The van der Waals surface area contributed by atoms with Gasteiger partial charge in [-0.1, -0.05) is 77.0 Å². The molecule has 0 aliphatic heterocycles. The van der Waals surface area contributed by atoms with Gasteiger partial charge in [-0.15, -0.1) is 0 Å². The minimum Gasteiger partial charge on any atom is -0.263 e. The summed E-state index contributed by atoms with van der Waals surface area (Å²) in [5, 5.41) is 0. The highest BCUT2D eigenvalue weighted by molar-refractivity contribution is 7.87. The van der Waals surface area contributed by atoms with Crippen molar-refractivity contribution in [1.29, 1.82) is 0 Å². The second-order valence-corrected chi connectivity index (χ2v) is 12.3. The van der Waals surface area contributed by atoms with E-state index >= 15 is 0 Å². The Morgan fingerprint density at radius 2 is 0.857 bits per heavy atom. The SMILES string of the molecule is O=S(=O)(OCCCCCCCC1CCC(CCCCCCCOS(=O)(=O)C(F)(F)F)C1)C(F)(F)F. The van der Waals surface area contributed by atoms with Crippen molar-refractivity contribution >= 4 is 20.2 Å². The van der Waals surface area contributed by atoms with Crippen LogP contribution in [-0.4, -0.2) is 41.1 Å². The molecule has 0 aromatic rings. The molecule has 210 valence electrons. The van der Waals surface area contributed by atoms with Crippen molar-refractivity contribution < 1.29 is 51.5 Å². The summed E-state index contributed by atoms with van der Waals surface area (Å²) >= 11 is 0. The van der Waals surface area contributed by atoms with Crippen LogP contribution in [0.1, 0.15) is 96.3 Å². The molecule has 0 bridgehead atoms. The van der Waals surface area contributed by atoms with E-state index in [2.05, 4.69) is 8.37 Å². The van der Waals surface area contributed by atoms with E-state index in [4.69, 9.17) is 0 Å². The van der Waals surface area contributed by atoms with Gasteiger partial charge in [0.15, 0.2) is 0 Å². The highest BCUT2D eigenvalue weighted by atomic mass is 32.2. The smallest absolute Gasteiger partial charge is 0.263 e. The summed E-state index contributed by atoms with van der Waals surface area (Å²) < 4.78 is 124. The first-order chi connectivity index (χ1) is 16.2. The summed E-state index contributed by atoms with van der Waals surface area (Å²) in [5.41, 5.74) is -10.8. The summed E-state index contributed by atoms with van der Waals surface area (Å²) in [6.07, 6.45) is 13.1. The van der Waals surface area contributed by atoms with E-state index in [0.29, 0.717) is 24.7 Å². The first kappa shape index (κ1) is 32.4. The first-order valence-electron chi connectivity index (χ1n) is 12.1. The van der Waals surface area contributed by atoms with Crippen LogP contribution in [-0.2, 0) is 28.6 Å². The summed E-state index contributed by atoms with van der Waals surface area (Å²) in [6, 6.07) is 0. The molecular weight excluding hydrogens is 526 g/mol. The third-order valence-electron chi connectivity index (χ3n) is 6.21. The molecule has 0 radical (unpaired) electrons. The Kier molecular flexibility index (Phi) is 13.9. The van der Waals surface area contributed by atoms with Crippen LogP contribution in [0.25, 0.3) is 0 Å². The van der Waals surface area contributed by atoms with Gasteiger partial charge >= 0.3 is 31.3 Å². The van der Waals surface area contributed by atoms with E-state index in [-0.39, 0.29) is 12.8 Å². The van der Waals surface area contributed by atoms with Crippen LogP contribution in [0.2, 0.25) is 0 Å². The van der Waals surface area contributed by atoms with Gasteiger partial charge in [-0.25, -0.2) is 0 Å². The predicted octanol–water partition coefficient (Wildman–Crippen LogP) is 6.82. The van der Waals surface area contributed by atoms with Crippen molar-refractivity contribution in [3.63, 3.8) is 0 Å². The van der Waals surface area contributed by atoms with Gasteiger partial charge in [-0.3, -0.25) is 8.37 Å².